The fraction of sp³-hybridized carbons (Fsp3) is 0.593. The zero-order valence-electron chi connectivity index (χ0n) is 19.3. The Morgan fingerprint density at radius 1 is 1.23 bits per heavy atom. The minimum Gasteiger partial charge on any atom is -0.458 e. The van der Waals surface area contributed by atoms with Crippen LogP contribution in [0.3, 0.4) is 0 Å². The number of fused-ring (bicyclic) bond motifs is 1. The van der Waals surface area contributed by atoms with E-state index in [2.05, 4.69) is 27.4 Å². The molecule has 0 aromatic heterocycles. The first kappa shape index (κ1) is 23.7. The fourth-order valence-electron chi connectivity index (χ4n) is 6.46. The van der Waals surface area contributed by atoms with E-state index in [-0.39, 0.29) is 42.0 Å². The largest absolute Gasteiger partial charge is 0.458 e. The predicted octanol–water partition coefficient (Wildman–Crippen LogP) is 5.31. The summed E-state index contributed by atoms with van der Waals surface area (Å²) in [6, 6.07) is 9.14. The number of benzene rings is 1. The van der Waals surface area contributed by atoms with E-state index in [1.54, 1.807) is 12.1 Å². The van der Waals surface area contributed by atoms with Gasteiger partial charge in [-0.2, -0.15) is 0 Å². The maximum Gasteiger partial charge on any atom is 0.338 e. The molecule has 0 amide bonds. The van der Waals surface area contributed by atoms with Crippen LogP contribution < -0.4 is 0 Å². The number of allylic oxidation sites excluding steroid dienone is 1. The van der Waals surface area contributed by atoms with Gasteiger partial charge in [0.05, 0.1) is 12.2 Å². The molecule has 4 heteroatoms. The van der Waals surface area contributed by atoms with E-state index in [1.165, 1.54) is 5.57 Å². The molecule has 2 fully saturated rings. The molecule has 0 bridgehead atoms. The van der Waals surface area contributed by atoms with E-state index in [0.29, 0.717) is 17.9 Å². The SMILES string of the molecule is C=C1CC(OC(=O)c2ccccc2)[C@@H]2[C@](C)(CO)CCC[C@]2(C)[C@@H]1CCC(C)=CCO. The topological polar surface area (TPSA) is 66.8 Å². The van der Waals surface area contributed by atoms with Crippen molar-refractivity contribution in [3.8, 4) is 0 Å². The van der Waals surface area contributed by atoms with Crippen LogP contribution >= 0.6 is 0 Å². The normalized spacial score (nSPS) is 33.6. The molecule has 0 spiro atoms. The Morgan fingerprint density at radius 2 is 1.94 bits per heavy atom. The molecule has 5 atom stereocenters. The summed E-state index contributed by atoms with van der Waals surface area (Å²) in [7, 11) is 0. The van der Waals surface area contributed by atoms with Crippen LogP contribution in [0.1, 0.15) is 69.7 Å². The summed E-state index contributed by atoms with van der Waals surface area (Å²) < 4.78 is 6.14. The van der Waals surface area contributed by atoms with E-state index in [1.807, 2.05) is 24.3 Å². The van der Waals surface area contributed by atoms with Crippen LogP contribution in [0.25, 0.3) is 0 Å². The first-order valence-corrected chi connectivity index (χ1v) is 11.6. The Morgan fingerprint density at radius 3 is 2.58 bits per heavy atom. The number of aliphatic hydroxyl groups excluding tert-OH is 2. The number of carbonyl (C=O) groups excluding carboxylic acids is 1. The van der Waals surface area contributed by atoms with Crippen molar-refractivity contribution in [2.45, 2.75) is 65.4 Å². The predicted molar refractivity (Wildman–Crippen MR) is 124 cm³/mol. The summed E-state index contributed by atoms with van der Waals surface area (Å²) in [5.41, 5.74) is 2.51. The molecule has 1 aromatic rings. The third kappa shape index (κ3) is 4.80. The molecule has 1 aromatic carbocycles. The third-order valence-electron chi connectivity index (χ3n) is 7.94. The minimum absolute atomic E-state index is 0.0669. The van der Waals surface area contributed by atoms with Crippen molar-refractivity contribution in [2.24, 2.45) is 22.7 Å². The van der Waals surface area contributed by atoms with E-state index in [0.717, 1.165) is 37.7 Å². The number of hydrogen-bond donors (Lipinski definition) is 2. The van der Waals surface area contributed by atoms with Crippen molar-refractivity contribution in [1.29, 1.82) is 0 Å². The molecule has 2 aliphatic carbocycles. The molecule has 1 unspecified atom stereocenters. The molecule has 3 rings (SSSR count). The zero-order chi connectivity index (χ0) is 22.6. The van der Waals surface area contributed by atoms with Crippen LogP contribution in [-0.4, -0.2) is 35.5 Å². The zero-order valence-corrected chi connectivity index (χ0v) is 19.3. The Kier molecular flexibility index (Phi) is 7.43. The Labute approximate surface area is 187 Å². The summed E-state index contributed by atoms with van der Waals surface area (Å²) in [5.74, 6) is 0.0771. The van der Waals surface area contributed by atoms with Crippen molar-refractivity contribution in [3.63, 3.8) is 0 Å². The number of carbonyl (C=O) groups is 1. The van der Waals surface area contributed by atoms with Gasteiger partial charge in [-0.1, -0.05) is 62.3 Å². The van der Waals surface area contributed by atoms with Crippen molar-refractivity contribution < 1.29 is 19.7 Å². The molecule has 0 saturated heterocycles. The Balaban J connectivity index is 1.91. The molecule has 0 radical (unpaired) electrons. The van der Waals surface area contributed by atoms with Crippen LogP contribution in [0.4, 0.5) is 0 Å². The van der Waals surface area contributed by atoms with Gasteiger partial charge in [-0.15, -0.1) is 0 Å². The van der Waals surface area contributed by atoms with Gasteiger partial charge in [0.2, 0.25) is 0 Å². The highest BCUT2D eigenvalue weighted by molar-refractivity contribution is 5.89. The molecule has 2 aliphatic rings. The number of esters is 1. The van der Waals surface area contributed by atoms with Gasteiger partial charge < -0.3 is 14.9 Å². The van der Waals surface area contributed by atoms with E-state index in [4.69, 9.17) is 4.74 Å². The average Bonchev–Trinajstić information content (AvgIpc) is 2.73. The first-order chi connectivity index (χ1) is 14.7. The Bertz CT molecular complexity index is 814. The van der Waals surface area contributed by atoms with Gasteiger partial charge >= 0.3 is 5.97 Å². The van der Waals surface area contributed by atoms with E-state index in [9.17, 15) is 15.0 Å². The summed E-state index contributed by atoms with van der Waals surface area (Å²) in [6.07, 6.45) is 7.14. The standard InChI is InChI=1S/C27H38O4/c1-19(13-16-28)11-12-22-20(2)17-23(31-25(30)21-9-6-5-7-10-21)24-26(3,18-29)14-8-15-27(22,24)4/h5-7,9-10,13,22-24,28-29H,2,8,11-12,14-18H2,1,3-4H3/t22-,23?,24-,26+,27-/m1/s1. The highest BCUT2D eigenvalue weighted by Gasteiger charge is 2.59. The average molecular weight is 427 g/mol. The highest BCUT2D eigenvalue weighted by Crippen LogP contribution is 2.62. The smallest absolute Gasteiger partial charge is 0.338 e. The van der Waals surface area contributed by atoms with Gasteiger partial charge in [0.25, 0.3) is 0 Å². The van der Waals surface area contributed by atoms with Crippen molar-refractivity contribution >= 4 is 5.97 Å². The summed E-state index contributed by atoms with van der Waals surface area (Å²) in [6.45, 7) is 11.1. The van der Waals surface area contributed by atoms with Crippen LogP contribution in [0.15, 0.2) is 54.1 Å². The molecule has 2 N–H and O–H groups in total. The number of hydrogen-bond acceptors (Lipinski definition) is 4. The first-order valence-electron chi connectivity index (χ1n) is 11.6. The third-order valence-corrected chi connectivity index (χ3v) is 7.94. The molecule has 170 valence electrons. The molecule has 4 nitrogen and oxygen atoms in total. The lowest BCUT2D eigenvalue weighted by atomic mass is 9.46. The molecule has 2 saturated carbocycles. The van der Waals surface area contributed by atoms with E-state index < -0.39 is 0 Å². The second kappa shape index (κ2) is 9.70. The van der Waals surface area contributed by atoms with Crippen LogP contribution in [0.2, 0.25) is 0 Å². The molecule has 31 heavy (non-hydrogen) atoms. The molecular formula is C27H38O4. The second-order valence-corrected chi connectivity index (χ2v) is 10.1. The minimum atomic E-state index is -0.299. The van der Waals surface area contributed by atoms with Gasteiger partial charge in [-0.05, 0) is 61.5 Å². The summed E-state index contributed by atoms with van der Waals surface area (Å²) in [5, 5.41) is 19.6. The summed E-state index contributed by atoms with van der Waals surface area (Å²) in [4.78, 5) is 12.9. The van der Waals surface area contributed by atoms with Crippen molar-refractivity contribution in [2.75, 3.05) is 13.2 Å². The molecule has 0 aliphatic heterocycles. The quantitative estimate of drug-likeness (QED) is 0.458. The van der Waals surface area contributed by atoms with Crippen LogP contribution in [0, 0.1) is 22.7 Å². The number of rotatable bonds is 7. The van der Waals surface area contributed by atoms with Gasteiger partial charge in [0, 0.05) is 18.9 Å². The van der Waals surface area contributed by atoms with Gasteiger partial charge in [0.1, 0.15) is 6.10 Å². The lowest BCUT2D eigenvalue weighted by Crippen LogP contribution is -2.58. The van der Waals surface area contributed by atoms with Crippen LogP contribution in [0.5, 0.6) is 0 Å². The van der Waals surface area contributed by atoms with Gasteiger partial charge in [-0.25, -0.2) is 4.79 Å². The van der Waals surface area contributed by atoms with Crippen molar-refractivity contribution in [1.82, 2.24) is 0 Å². The fourth-order valence-corrected chi connectivity index (χ4v) is 6.46. The monoisotopic (exact) mass is 426 g/mol. The van der Waals surface area contributed by atoms with Crippen LogP contribution in [-0.2, 0) is 4.74 Å². The van der Waals surface area contributed by atoms with Gasteiger partial charge in [0.15, 0.2) is 0 Å². The maximum absolute atomic E-state index is 12.9. The lowest BCUT2D eigenvalue weighted by Gasteiger charge is -2.60. The Hall–Kier alpha value is -1.91. The lowest BCUT2D eigenvalue weighted by molar-refractivity contribution is -0.145. The maximum atomic E-state index is 12.9. The summed E-state index contributed by atoms with van der Waals surface area (Å²) >= 11 is 0. The molecule has 0 heterocycles. The number of aliphatic hydroxyl groups is 2. The van der Waals surface area contributed by atoms with Gasteiger partial charge in [-0.3, -0.25) is 0 Å². The molecular weight excluding hydrogens is 388 g/mol. The number of ether oxygens (including phenoxy) is 1. The van der Waals surface area contributed by atoms with Crippen molar-refractivity contribution in [3.05, 3.63) is 59.7 Å². The highest BCUT2D eigenvalue weighted by atomic mass is 16.5. The van der Waals surface area contributed by atoms with E-state index >= 15 is 0 Å². The second-order valence-electron chi connectivity index (χ2n) is 10.1.